The van der Waals surface area contributed by atoms with E-state index in [4.69, 9.17) is 21.1 Å². The fraction of sp³-hybridized carbons (Fsp3) is 0.455. The minimum absolute atomic E-state index is 0.209. The van der Waals surface area contributed by atoms with Crippen LogP contribution in [0.15, 0.2) is 12.4 Å². The van der Waals surface area contributed by atoms with Gasteiger partial charge in [-0.05, 0) is 6.07 Å². The first-order valence-corrected chi connectivity index (χ1v) is 6.33. The number of thiophene rings is 1. The zero-order valence-corrected chi connectivity index (χ0v) is 11.2. The summed E-state index contributed by atoms with van der Waals surface area (Å²) in [4.78, 5) is 10.2. The molecule has 2 heterocycles. The van der Waals surface area contributed by atoms with Gasteiger partial charge in [0.2, 0.25) is 0 Å². The van der Waals surface area contributed by atoms with Crippen molar-refractivity contribution in [3.8, 4) is 0 Å². The van der Waals surface area contributed by atoms with Crippen LogP contribution in [0.3, 0.4) is 0 Å². The number of rotatable bonds is 5. The molecule has 0 unspecified atom stereocenters. The summed E-state index contributed by atoms with van der Waals surface area (Å²) in [5.74, 6) is 0.209. The number of fused-ring (bicyclic) bond motifs is 1. The van der Waals surface area contributed by atoms with E-state index in [0.717, 1.165) is 15.1 Å². The Kier molecular flexibility index (Phi) is 4.28. The molecule has 0 saturated heterocycles. The van der Waals surface area contributed by atoms with Gasteiger partial charge in [-0.2, -0.15) is 0 Å². The Hall–Kier alpha value is -0.750. The summed E-state index contributed by atoms with van der Waals surface area (Å²) in [7, 11) is 3.37. The summed E-state index contributed by atoms with van der Waals surface area (Å²) in [6, 6.07) is 2.02. The molecule has 2 rings (SSSR count). The lowest BCUT2D eigenvalue weighted by atomic mass is 10.1. The van der Waals surface area contributed by atoms with E-state index in [1.807, 2.05) is 6.07 Å². The van der Waals surface area contributed by atoms with Gasteiger partial charge >= 0.3 is 0 Å². The lowest BCUT2D eigenvalue weighted by Gasteiger charge is -2.12. The normalized spacial score (nSPS) is 11.5. The molecule has 0 N–H and O–H groups in total. The van der Waals surface area contributed by atoms with Crippen LogP contribution in [0.25, 0.3) is 10.2 Å². The van der Waals surface area contributed by atoms with Crippen LogP contribution in [0, 0.1) is 0 Å². The van der Waals surface area contributed by atoms with E-state index in [1.165, 1.54) is 6.33 Å². The fourth-order valence-corrected chi connectivity index (χ4v) is 2.97. The molecule has 0 fully saturated rings. The van der Waals surface area contributed by atoms with E-state index in [0.29, 0.717) is 18.4 Å². The number of aromatic nitrogens is 2. The Labute approximate surface area is 109 Å². The molecule has 0 spiro atoms. The first-order valence-electron chi connectivity index (χ1n) is 5.14. The van der Waals surface area contributed by atoms with Crippen LogP contribution in [0.1, 0.15) is 10.8 Å². The van der Waals surface area contributed by atoms with Crippen molar-refractivity contribution < 1.29 is 9.47 Å². The third-order valence-electron chi connectivity index (χ3n) is 2.44. The van der Waals surface area contributed by atoms with Gasteiger partial charge in [-0.3, -0.25) is 0 Å². The minimum atomic E-state index is 0.209. The number of hydrogen-bond acceptors (Lipinski definition) is 5. The second-order valence-electron chi connectivity index (χ2n) is 3.64. The number of hydrogen-bond donors (Lipinski definition) is 0. The Morgan fingerprint density at radius 1 is 1.29 bits per heavy atom. The second kappa shape index (κ2) is 5.73. The van der Waals surface area contributed by atoms with Crippen molar-refractivity contribution in [3.05, 3.63) is 22.4 Å². The summed E-state index contributed by atoms with van der Waals surface area (Å²) in [5, 5.41) is 1.39. The summed E-state index contributed by atoms with van der Waals surface area (Å²) in [5.41, 5.74) is 0. The van der Waals surface area contributed by atoms with Gasteiger partial charge in [0.05, 0.1) is 13.2 Å². The highest BCUT2D eigenvalue weighted by molar-refractivity contribution is 7.18. The molecule has 2 aromatic heterocycles. The zero-order chi connectivity index (χ0) is 12.3. The van der Waals surface area contributed by atoms with E-state index < -0.39 is 0 Å². The molecule has 0 atom stereocenters. The summed E-state index contributed by atoms with van der Waals surface area (Å²) < 4.78 is 10.4. The monoisotopic (exact) mass is 272 g/mol. The van der Waals surface area contributed by atoms with Gasteiger partial charge in [0.25, 0.3) is 0 Å². The largest absolute Gasteiger partial charge is 0.384 e. The molecule has 0 aliphatic carbocycles. The van der Waals surface area contributed by atoms with Crippen LogP contribution in [0.5, 0.6) is 0 Å². The summed E-state index contributed by atoms with van der Waals surface area (Å²) >= 11 is 7.63. The molecule has 92 valence electrons. The SMILES string of the molecule is COCC(COC)c1cc2c(Cl)ncnc2s1. The van der Waals surface area contributed by atoms with Gasteiger partial charge in [-0.25, -0.2) is 9.97 Å². The van der Waals surface area contributed by atoms with Crippen molar-refractivity contribution in [3.63, 3.8) is 0 Å². The van der Waals surface area contributed by atoms with Crippen molar-refractivity contribution in [1.29, 1.82) is 0 Å². The molecular formula is C11H13ClN2O2S. The molecule has 6 heteroatoms. The number of halogens is 1. The third-order valence-corrected chi connectivity index (χ3v) is 3.94. The lowest BCUT2D eigenvalue weighted by molar-refractivity contribution is 0.118. The predicted molar refractivity (Wildman–Crippen MR) is 68.9 cm³/mol. The van der Waals surface area contributed by atoms with Crippen LogP contribution >= 0.6 is 22.9 Å². The van der Waals surface area contributed by atoms with E-state index in [-0.39, 0.29) is 5.92 Å². The van der Waals surface area contributed by atoms with Crippen LogP contribution in [-0.4, -0.2) is 37.4 Å². The molecular weight excluding hydrogens is 260 g/mol. The zero-order valence-electron chi connectivity index (χ0n) is 9.64. The maximum Gasteiger partial charge on any atom is 0.141 e. The summed E-state index contributed by atoms with van der Waals surface area (Å²) in [6.07, 6.45) is 1.48. The van der Waals surface area contributed by atoms with Crippen LogP contribution in [0.2, 0.25) is 5.15 Å². The van der Waals surface area contributed by atoms with E-state index in [9.17, 15) is 0 Å². The Balaban J connectivity index is 2.36. The highest BCUT2D eigenvalue weighted by atomic mass is 35.5. The fourth-order valence-electron chi connectivity index (χ4n) is 1.66. The molecule has 0 bridgehead atoms. The highest BCUT2D eigenvalue weighted by Crippen LogP contribution is 2.32. The average Bonchev–Trinajstić information content (AvgIpc) is 2.74. The van der Waals surface area contributed by atoms with Gasteiger partial charge in [0.15, 0.2) is 0 Å². The molecule has 4 nitrogen and oxygen atoms in total. The quantitative estimate of drug-likeness (QED) is 0.785. The minimum Gasteiger partial charge on any atom is -0.384 e. The van der Waals surface area contributed by atoms with E-state index in [2.05, 4.69) is 9.97 Å². The van der Waals surface area contributed by atoms with Gasteiger partial charge in [-0.1, -0.05) is 11.6 Å². The Morgan fingerprint density at radius 3 is 2.59 bits per heavy atom. The molecule has 0 aliphatic heterocycles. The Bertz CT molecular complexity index is 497. The lowest BCUT2D eigenvalue weighted by Crippen LogP contribution is -2.10. The second-order valence-corrected chi connectivity index (χ2v) is 5.06. The number of nitrogens with zero attached hydrogens (tertiary/aromatic N) is 2. The first kappa shape index (κ1) is 12.7. The third kappa shape index (κ3) is 2.74. The topological polar surface area (TPSA) is 44.2 Å². The number of methoxy groups -OCH3 is 2. The maximum atomic E-state index is 6.02. The van der Waals surface area contributed by atoms with Gasteiger partial charge in [0.1, 0.15) is 16.3 Å². The van der Waals surface area contributed by atoms with Crippen molar-refractivity contribution in [1.82, 2.24) is 9.97 Å². The van der Waals surface area contributed by atoms with Crippen molar-refractivity contribution in [2.24, 2.45) is 0 Å². The van der Waals surface area contributed by atoms with Gasteiger partial charge in [-0.15, -0.1) is 11.3 Å². The standard InChI is InChI=1S/C11H13ClN2O2S/c1-15-4-7(5-16-2)9-3-8-10(12)13-6-14-11(8)17-9/h3,6-7H,4-5H2,1-2H3. The molecule has 2 aromatic rings. The first-order chi connectivity index (χ1) is 8.26. The molecule has 0 saturated carbocycles. The molecule has 0 radical (unpaired) electrons. The van der Waals surface area contributed by atoms with E-state index in [1.54, 1.807) is 25.6 Å². The Morgan fingerprint density at radius 2 is 2.00 bits per heavy atom. The van der Waals surface area contributed by atoms with Crippen LogP contribution in [0.4, 0.5) is 0 Å². The molecule has 0 amide bonds. The number of ether oxygens (including phenoxy) is 2. The van der Waals surface area contributed by atoms with Crippen molar-refractivity contribution in [2.75, 3.05) is 27.4 Å². The van der Waals surface area contributed by atoms with Gasteiger partial charge < -0.3 is 9.47 Å². The van der Waals surface area contributed by atoms with Crippen molar-refractivity contribution >= 4 is 33.2 Å². The maximum absolute atomic E-state index is 6.02. The smallest absolute Gasteiger partial charge is 0.141 e. The highest BCUT2D eigenvalue weighted by Gasteiger charge is 2.16. The van der Waals surface area contributed by atoms with E-state index >= 15 is 0 Å². The molecule has 0 aromatic carbocycles. The average molecular weight is 273 g/mol. The summed E-state index contributed by atoms with van der Waals surface area (Å²) in [6.45, 7) is 1.23. The van der Waals surface area contributed by atoms with Gasteiger partial charge in [0, 0.05) is 30.4 Å². The van der Waals surface area contributed by atoms with Crippen LogP contribution in [-0.2, 0) is 9.47 Å². The van der Waals surface area contributed by atoms with Crippen LogP contribution < -0.4 is 0 Å². The molecule has 0 aliphatic rings. The van der Waals surface area contributed by atoms with Crippen molar-refractivity contribution in [2.45, 2.75) is 5.92 Å². The molecule has 17 heavy (non-hydrogen) atoms. The predicted octanol–water partition coefficient (Wildman–Crippen LogP) is 2.72.